The molecule has 0 bridgehead atoms. The second-order valence-corrected chi connectivity index (χ2v) is 7.23. The lowest BCUT2D eigenvalue weighted by molar-refractivity contribution is -0.116. The Morgan fingerprint density at radius 3 is 2.71 bits per heavy atom. The van der Waals surface area contributed by atoms with E-state index in [0.717, 1.165) is 32.7 Å². The average molecular weight is 430 g/mol. The van der Waals surface area contributed by atoms with Gasteiger partial charge >= 0.3 is 0 Å². The summed E-state index contributed by atoms with van der Waals surface area (Å²) in [6.07, 6.45) is 1.32. The van der Waals surface area contributed by atoms with Crippen LogP contribution in [0.4, 0.5) is 5.69 Å². The number of halogens is 3. The molecule has 108 valence electrons. The summed E-state index contributed by atoms with van der Waals surface area (Å²) in [4.78, 5) is 11.4. The van der Waals surface area contributed by atoms with Crippen LogP contribution in [-0.4, -0.2) is 5.91 Å². The zero-order valence-electron chi connectivity index (χ0n) is 11.0. The molecule has 5 heteroatoms. The molecule has 3 rings (SSSR count). The fourth-order valence-electron chi connectivity index (χ4n) is 2.45. The third-order valence-corrected chi connectivity index (χ3v) is 5.40. The summed E-state index contributed by atoms with van der Waals surface area (Å²) < 4.78 is 0.962. The molecule has 0 spiro atoms. The number of amides is 1. The van der Waals surface area contributed by atoms with Gasteiger partial charge in [0, 0.05) is 21.6 Å². The summed E-state index contributed by atoms with van der Waals surface area (Å²) in [5.41, 5.74) is 4.25. The zero-order valence-corrected chi connectivity index (χ0v) is 14.9. The summed E-state index contributed by atoms with van der Waals surface area (Å²) >= 11 is 13.5. The van der Waals surface area contributed by atoms with Crippen LogP contribution in [-0.2, 0) is 11.2 Å². The Balaban J connectivity index is 1.95. The number of aryl methyl sites for hydroxylation is 1. The van der Waals surface area contributed by atoms with Crippen molar-refractivity contribution in [2.45, 2.75) is 17.7 Å². The van der Waals surface area contributed by atoms with E-state index in [2.05, 4.69) is 43.2 Å². The minimum atomic E-state index is 0.0287. The van der Waals surface area contributed by atoms with Crippen molar-refractivity contribution >= 4 is 55.1 Å². The fraction of sp³-hybridized carbons (Fsp3) is 0.188. The van der Waals surface area contributed by atoms with Crippen LogP contribution in [0.15, 0.2) is 40.9 Å². The quantitative estimate of drug-likeness (QED) is 0.630. The predicted molar refractivity (Wildman–Crippen MR) is 93.3 cm³/mol. The molecule has 21 heavy (non-hydrogen) atoms. The third-order valence-electron chi connectivity index (χ3n) is 3.55. The van der Waals surface area contributed by atoms with Gasteiger partial charge < -0.3 is 5.32 Å². The molecule has 0 aromatic heterocycles. The van der Waals surface area contributed by atoms with Crippen LogP contribution in [0.25, 0.3) is 0 Å². The van der Waals surface area contributed by atoms with E-state index in [9.17, 15) is 4.79 Å². The molecule has 0 radical (unpaired) electrons. The molecular formula is C16H12Br2ClNO. The normalized spacial score (nSPS) is 15.3. The van der Waals surface area contributed by atoms with Crippen LogP contribution in [0.5, 0.6) is 0 Å². The summed E-state index contributed by atoms with van der Waals surface area (Å²) in [5, 5.41) is 3.62. The first-order chi connectivity index (χ1) is 10.0. The Hall–Kier alpha value is -0.840. The van der Waals surface area contributed by atoms with Gasteiger partial charge in [0.05, 0.1) is 4.83 Å². The van der Waals surface area contributed by atoms with E-state index in [1.54, 1.807) is 0 Å². The minimum absolute atomic E-state index is 0.0287. The Kier molecular flexibility index (Phi) is 4.38. The number of carbonyl (C=O) groups is 1. The van der Waals surface area contributed by atoms with Crippen molar-refractivity contribution in [2.75, 3.05) is 5.32 Å². The number of nitrogens with one attached hydrogen (secondary N) is 1. The number of anilines is 1. The summed E-state index contributed by atoms with van der Waals surface area (Å²) in [6, 6.07) is 12.0. The molecule has 2 aromatic carbocycles. The van der Waals surface area contributed by atoms with Crippen molar-refractivity contribution in [1.29, 1.82) is 0 Å². The highest BCUT2D eigenvalue weighted by Crippen LogP contribution is 2.38. The molecule has 1 atom stereocenters. The lowest BCUT2D eigenvalue weighted by atomic mass is 9.97. The Morgan fingerprint density at radius 2 is 1.95 bits per heavy atom. The first-order valence-electron chi connectivity index (χ1n) is 6.56. The molecule has 0 saturated heterocycles. The van der Waals surface area contributed by atoms with Gasteiger partial charge in [0.15, 0.2) is 0 Å². The van der Waals surface area contributed by atoms with Crippen LogP contribution in [0.3, 0.4) is 0 Å². The number of benzene rings is 2. The predicted octanol–water partition coefficient (Wildman–Crippen LogP) is 5.47. The van der Waals surface area contributed by atoms with Crippen LogP contribution in [0, 0.1) is 0 Å². The fourth-order valence-corrected chi connectivity index (χ4v) is 4.05. The molecule has 0 fully saturated rings. The van der Waals surface area contributed by atoms with Crippen molar-refractivity contribution in [3.8, 4) is 0 Å². The van der Waals surface area contributed by atoms with E-state index < -0.39 is 0 Å². The number of hydrogen-bond donors (Lipinski definition) is 1. The van der Waals surface area contributed by atoms with Crippen LogP contribution in [0.2, 0.25) is 5.02 Å². The van der Waals surface area contributed by atoms with Crippen molar-refractivity contribution in [3.05, 3.63) is 62.6 Å². The molecule has 2 nitrogen and oxygen atoms in total. The van der Waals surface area contributed by atoms with Gasteiger partial charge in [-0.05, 0) is 41.3 Å². The first-order valence-corrected chi connectivity index (χ1v) is 8.65. The van der Waals surface area contributed by atoms with E-state index in [-0.39, 0.29) is 10.7 Å². The molecule has 2 aromatic rings. The standard InChI is InChI=1S/C16H12Br2ClNO/c17-11-3-4-12(13(19)8-11)16(18)10-1-5-14-9(7-10)2-6-15(21)20-14/h1,3-5,7-8,16H,2,6H2,(H,20,21). The molecular weight excluding hydrogens is 417 g/mol. The Bertz CT molecular complexity index is 717. The molecule has 0 aliphatic carbocycles. The SMILES string of the molecule is O=C1CCc2cc(C(Br)c3ccc(Br)cc3Cl)ccc2N1. The van der Waals surface area contributed by atoms with Gasteiger partial charge in [0.25, 0.3) is 0 Å². The highest BCUT2D eigenvalue weighted by molar-refractivity contribution is 9.10. The molecule has 1 amide bonds. The van der Waals surface area contributed by atoms with Crippen LogP contribution < -0.4 is 5.32 Å². The van der Waals surface area contributed by atoms with Gasteiger partial charge in [-0.2, -0.15) is 0 Å². The van der Waals surface area contributed by atoms with Crippen LogP contribution in [0.1, 0.15) is 27.9 Å². The molecule has 1 heterocycles. The van der Waals surface area contributed by atoms with Gasteiger partial charge in [-0.1, -0.05) is 61.7 Å². The number of hydrogen-bond acceptors (Lipinski definition) is 1. The van der Waals surface area contributed by atoms with Gasteiger partial charge in [-0.25, -0.2) is 0 Å². The maximum atomic E-state index is 11.4. The molecule has 1 aliphatic heterocycles. The highest BCUT2D eigenvalue weighted by atomic mass is 79.9. The smallest absolute Gasteiger partial charge is 0.224 e. The van der Waals surface area contributed by atoms with E-state index in [1.165, 1.54) is 5.56 Å². The highest BCUT2D eigenvalue weighted by Gasteiger charge is 2.19. The molecule has 1 N–H and O–H groups in total. The largest absolute Gasteiger partial charge is 0.326 e. The zero-order chi connectivity index (χ0) is 15.0. The topological polar surface area (TPSA) is 29.1 Å². The van der Waals surface area contributed by atoms with E-state index in [0.29, 0.717) is 6.42 Å². The second kappa shape index (κ2) is 6.11. The summed E-state index contributed by atoms with van der Waals surface area (Å²) in [7, 11) is 0. The summed E-state index contributed by atoms with van der Waals surface area (Å²) in [6.45, 7) is 0. The van der Waals surface area contributed by atoms with E-state index >= 15 is 0 Å². The lowest BCUT2D eigenvalue weighted by Crippen LogP contribution is -2.19. The third kappa shape index (κ3) is 3.17. The Labute approximate surface area is 145 Å². The first kappa shape index (κ1) is 15.1. The number of fused-ring (bicyclic) bond motifs is 1. The van der Waals surface area contributed by atoms with Crippen LogP contribution >= 0.6 is 43.5 Å². The van der Waals surface area contributed by atoms with E-state index in [4.69, 9.17) is 11.6 Å². The monoisotopic (exact) mass is 427 g/mol. The van der Waals surface area contributed by atoms with Crippen molar-refractivity contribution < 1.29 is 4.79 Å². The van der Waals surface area contributed by atoms with Crippen molar-refractivity contribution in [2.24, 2.45) is 0 Å². The van der Waals surface area contributed by atoms with Crippen molar-refractivity contribution in [3.63, 3.8) is 0 Å². The molecule has 1 aliphatic rings. The van der Waals surface area contributed by atoms with E-state index in [1.807, 2.05) is 30.3 Å². The maximum Gasteiger partial charge on any atom is 0.224 e. The van der Waals surface area contributed by atoms with Gasteiger partial charge in [-0.3, -0.25) is 4.79 Å². The summed E-state index contributed by atoms with van der Waals surface area (Å²) in [5.74, 6) is 0.0848. The molecule has 1 unspecified atom stereocenters. The van der Waals surface area contributed by atoms with Gasteiger partial charge in [-0.15, -0.1) is 0 Å². The lowest BCUT2D eigenvalue weighted by Gasteiger charge is -2.20. The molecule has 0 saturated carbocycles. The maximum absolute atomic E-state index is 11.4. The number of rotatable bonds is 2. The van der Waals surface area contributed by atoms with Gasteiger partial charge in [0.2, 0.25) is 5.91 Å². The average Bonchev–Trinajstić information content (AvgIpc) is 2.46. The number of carbonyl (C=O) groups excluding carboxylic acids is 1. The second-order valence-electron chi connectivity index (χ2n) is 4.99. The van der Waals surface area contributed by atoms with Gasteiger partial charge in [0.1, 0.15) is 0 Å². The van der Waals surface area contributed by atoms with Crippen molar-refractivity contribution in [1.82, 2.24) is 0 Å². The number of alkyl halides is 1. The minimum Gasteiger partial charge on any atom is -0.326 e. The Morgan fingerprint density at radius 1 is 1.14 bits per heavy atom.